The first kappa shape index (κ1) is 7.92. The normalized spacial score (nSPS) is 9.92. The molecule has 0 aliphatic heterocycles. The monoisotopic (exact) mass is 172 g/mol. The maximum absolute atomic E-state index is 12.8. The van der Waals surface area contributed by atoms with Gasteiger partial charge >= 0.3 is 0 Å². The Hall–Kier alpha value is -1.70. The summed E-state index contributed by atoms with van der Waals surface area (Å²) in [4.78, 5) is 0. The molecule has 0 atom stereocenters. The first-order valence-corrected chi connectivity index (χ1v) is 3.91. The van der Waals surface area contributed by atoms with Crippen molar-refractivity contribution >= 4 is 0 Å². The SMILES string of the molecule is Fc1ccc[n+](-c2c[c]c[c]c2)c1. The van der Waals surface area contributed by atoms with Crippen LogP contribution in [0.1, 0.15) is 0 Å². The molecule has 2 aromatic rings. The second-order valence-corrected chi connectivity index (χ2v) is 2.62. The molecule has 0 aliphatic carbocycles. The van der Waals surface area contributed by atoms with Crippen molar-refractivity contribution in [3.63, 3.8) is 0 Å². The Labute approximate surface area is 76.1 Å². The van der Waals surface area contributed by atoms with Crippen molar-refractivity contribution in [3.05, 3.63) is 60.7 Å². The average molecular weight is 172 g/mol. The van der Waals surface area contributed by atoms with E-state index in [4.69, 9.17) is 0 Å². The summed E-state index contributed by atoms with van der Waals surface area (Å²) in [6, 6.07) is 14.1. The highest BCUT2D eigenvalue weighted by molar-refractivity contribution is 5.19. The molecule has 0 saturated carbocycles. The van der Waals surface area contributed by atoms with E-state index in [-0.39, 0.29) is 5.82 Å². The molecule has 2 heteroatoms. The number of hydrogen-bond donors (Lipinski definition) is 0. The molecule has 0 bridgehead atoms. The van der Waals surface area contributed by atoms with Gasteiger partial charge in [-0.1, -0.05) is 0 Å². The standard InChI is InChI=1S/C11H7FN/c12-10-5-4-8-13(9-10)11-6-2-1-3-7-11/h1,4-9H/q+1. The quantitative estimate of drug-likeness (QED) is 0.576. The van der Waals surface area contributed by atoms with Crippen molar-refractivity contribution in [2.24, 2.45) is 0 Å². The zero-order valence-corrected chi connectivity index (χ0v) is 6.87. The van der Waals surface area contributed by atoms with Gasteiger partial charge in [0.1, 0.15) is 0 Å². The van der Waals surface area contributed by atoms with Crippen molar-refractivity contribution < 1.29 is 8.96 Å². The molecule has 1 heterocycles. The van der Waals surface area contributed by atoms with Crippen molar-refractivity contribution in [1.29, 1.82) is 0 Å². The number of pyridine rings is 1. The van der Waals surface area contributed by atoms with Crippen LogP contribution in [0.15, 0.2) is 42.7 Å². The predicted molar refractivity (Wildman–Crippen MR) is 45.6 cm³/mol. The molecule has 2 radical (unpaired) electrons. The van der Waals surface area contributed by atoms with Gasteiger partial charge in [0.2, 0.25) is 11.9 Å². The highest BCUT2D eigenvalue weighted by Gasteiger charge is 2.04. The molecule has 0 unspecified atom stereocenters. The Morgan fingerprint density at radius 1 is 1.23 bits per heavy atom. The first-order chi connectivity index (χ1) is 6.36. The van der Waals surface area contributed by atoms with E-state index < -0.39 is 0 Å². The van der Waals surface area contributed by atoms with E-state index in [1.807, 2.05) is 0 Å². The van der Waals surface area contributed by atoms with E-state index in [0.29, 0.717) is 0 Å². The lowest BCUT2D eigenvalue weighted by atomic mass is 10.3. The summed E-state index contributed by atoms with van der Waals surface area (Å²) in [6.45, 7) is 0. The molecule has 1 nitrogen and oxygen atoms in total. The zero-order chi connectivity index (χ0) is 9.10. The van der Waals surface area contributed by atoms with Crippen molar-refractivity contribution in [1.82, 2.24) is 0 Å². The third-order valence-corrected chi connectivity index (χ3v) is 1.69. The van der Waals surface area contributed by atoms with Crippen LogP contribution in [-0.4, -0.2) is 0 Å². The molecule has 0 aliphatic rings. The Morgan fingerprint density at radius 2 is 2.00 bits per heavy atom. The lowest BCUT2D eigenvalue weighted by Crippen LogP contribution is -2.29. The number of aromatic nitrogens is 1. The lowest BCUT2D eigenvalue weighted by Gasteiger charge is -1.92. The van der Waals surface area contributed by atoms with Crippen LogP contribution in [0.4, 0.5) is 4.39 Å². The highest BCUT2D eigenvalue weighted by Crippen LogP contribution is 1.97. The molecule has 0 N–H and O–H groups in total. The molecule has 62 valence electrons. The van der Waals surface area contributed by atoms with Crippen LogP contribution in [-0.2, 0) is 0 Å². The average Bonchev–Trinajstić information content (AvgIpc) is 2.19. The summed E-state index contributed by atoms with van der Waals surface area (Å²) in [5.74, 6) is -0.258. The van der Waals surface area contributed by atoms with Crippen molar-refractivity contribution in [3.8, 4) is 5.69 Å². The van der Waals surface area contributed by atoms with Crippen LogP contribution in [0.3, 0.4) is 0 Å². The van der Waals surface area contributed by atoms with E-state index >= 15 is 0 Å². The topological polar surface area (TPSA) is 3.88 Å². The molecule has 13 heavy (non-hydrogen) atoms. The minimum atomic E-state index is -0.258. The number of benzene rings is 1. The largest absolute Gasteiger partial charge is 0.211 e. The van der Waals surface area contributed by atoms with Crippen LogP contribution < -0.4 is 4.57 Å². The molecule has 1 aromatic carbocycles. The Morgan fingerprint density at radius 3 is 2.69 bits per heavy atom. The van der Waals surface area contributed by atoms with E-state index in [1.54, 1.807) is 35.0 Å². The number of halogens is 1. The molecule has 0 saturated heterocycles. The smallest absolute Gasteiger partial charge is 0.200 e. The summed E-state index contributed by atoms with van der Waals surface area (Å²) in [7, 11) is 0. The summed E-state index contributed by atoms with van der Waals surface area (Å²) in [6.07, 6.45) is 3.19. The third kappa shape index (κ3) is 1.72. The van der Waals surface area contributed by atoms with Crippen LogP contribution in [0, 0.1) is 17.9 Å². The second kappa shape index (κ2) is 3.35. The maximum Gasteiger partial charge on any atom is 0.211 e. The molecular formula is C11H7FN+. The summed E-state index contributed by atoms with van der Waals surface area (Å²) < 4.78 is 14.5. The Bertz CT molecular complexity index is 398. The lowest BCUT2D eigenvalue weighted by molar-refractivity contribution is -0.597. The van der Waals surface area contributed by atoms with Crippen LogP contribution >= 0.6 is 0 Å². The summed E-state index contributed by atoms with van der Waals surface area (Å²) >= 11 is 0. The fourth-order valence-electron chi connectivity index (χ4n) is 1.10. The number of rotatable bonds is 1. The minimum Gasteiger partial charge on any atom is -0.200 e. The summed E-state index contributed by atoms with van der Waals surface area (Å²) in [5, 5.41) is 0. The fourth-order valence-corrected chi connectivity index (χ4v) is 1.10. The molecule has 2 rings (SSSR count). The zero-order valence-electron chi connectivity index (χ0n) is 6.87. The number of nitrogens with zero attached hydrogens (tertiary/aromatic N) is 1. The fraction of sp³-hybridized carbons (Fsp3) is 0. The Balaban J connectivity index is 2.48. The van der Waals surface area contributed by atoms with Gasteiger partial charge in [0.15, 0.2) is 12.0 Å². The van der Waals surface area contributed by atoms with Gasteiger partial charge in [-0.05, 0) is 24.3 Å². The van der Waals surface area contributed by atoms with Gasteiger partial charge in [-0.25, -0.2) is 4.39 Å². The predicted octanol–water partition coefficient (Wildman–Crippen LogP) is 1.70. The van der Waals surface area contributed by atoms with Crippen LogP contribution in [0.2, 0.25) is 0 Å². The van der Waals surface area contributed by atoms with Crippen molar-refractivity contribution in [2.45, 2.75) is 0 Å². The summed E-state index contributed by atoms with van der Waals surface area (Å²) in [5.41, 5.74) is 0.849. The van der Waals surface area contributed by atoms with Crippen molar-refractivity contribution in [2.75, 3.05) is 0 Å². The first-order valence-electron chi connectivity index (χ1n) is 3.91. The molecule has 0 fully saturated rings. The molecule has 0 amide bonds. The Kier molecular flexibility index (Phi) is 2.04. The molecule has 0 spiro atoms. The van der Waals surface area contributed by atoms with Gasteiger partial charge in [0.25, 0.3) is 0 Å². The van der Waals surface area contributed by atoms with E-state index in [1.165, 1.54) is 12.3 Å². The minimum absolute atomic E-state index is 0.258. The number of hydrogen-bond acceptors (Lipinski definition) is 0. The van der Waals surface area contributed by atoms with E-state index in [2.05, 4.69) is 12.1 Å². The van der Waals surface area contributed by atoms with Gasteiger partial charge in [0.05, 0.1) is 0 Å². The highest BCUT2D eigenvalue weighted by atomic mass is 19.1. The van der Waals surface area contributed by atoms with Gasteiger partial charge < -0.3 is 0 Å². The second-order valence-electron chi connectivity index (χ2n) is 2.62. The third-order valence-electron chi connectivity index (χ3n) is 1.69. The van der Waals surface area contributed by atoms with Gasteiger partial charge in [-0.3, -0.25) is 0 Å². The maximum atomic E-state index is 12.8. The van der Waals surface area contributed by atoms with Crippen LogP contribution in [0.5, 0.6) is 0 Å². The van der Waals surface area contributed by atoms with Crippen LogP contribution in [0.25, 0.3) is 5.69 Å². The molecular weight excluding hydrogens is 165 g/mol. The van der Waals surface area contributed by atoms with E-state index in [9.17, 15) is 4.39 Å². The van der Waals surface area contributed by atoms with Gasteiger partial charge in [0, 0.05) is 18.2 Å². The van der Waals surface area contributed by atoms with Gasteiger partial charge in [-0.15, -0.1) is 0 Å². The van der Waals surface area contributed by atoms with E-state index in [0.717, 1.165) is 5.69 Å². The van der Waals surface area contributed by atoms with Gasteiger partial charge in [-0.2, -0.15) is 4.57 Å². The molecule has 1 aromatic heterocycles.